The molecule has 4 nitrogen and oxygen atoms in total. The molecule has 6 heteroatoms. The molecule has 0 spiro atoms. The molecule has 3 aromatic carbocycles. The topological polar surface area (TPSA) is 47.2 Å². The van der Waals surface area contributed by atoms with Gasteiger partial charge in [-0.05, 0) is 29.8 Å². The van der Waals surface area contributed by atoms with Crippen LogP contribution in [0, 0.1) is 11.6 Å². The lowest BCUT2D eigenvalue weighted by Crippen LogP contribution is -2.24. The van der Waals surface area contributed by atoms with Gasteiger partial charge in [-0.3, -0.25) is 9.79 Å². The Labute approximate surface area is 159 Å². The van der Waals surface area contributed by atoms with Gasteiger partial charge in [0, 0.05) is 24.2 Å². The number of nitrogens with zero attached hydrogens (tertiary/aromatic N) is 3. The van der Waals surface area contributed by atoms with Gasteiger partial charge in [0.1, 0.15) is 5.69 Å². The van der Waals surface area contributed by atoms with Crippen molar-refractivity contribution >= 4 is 17.0 Å². The number of rotatable bonds is 3. The Kier molecular flexibility index (Phi) is 4.53. The molecule has 0 amide bonds. The van der Waals surface area contributed by atoms with Crippen molar-refractivity contribution in [3.63, 3.8) is 0 Å². The van der Waals surface area contributed by atoms with Crippen LogP contribution in [0.2, 0.25) is 0 Å². The highest BCUT2D eigenvalue weighted by Gasteiger charge is 2.18. The molecule has 0 radical (unpaired) electrons. The summed E-state index contributed by atoms with van der Waals surface area (Å²) in [6.07, 6.45) is 1.69. The zero-order chi connectivity index (χ0) is 19.7. The van der Waals surface area contributed by atoms with Crippen LogP contribution in [0.3, 0.4) is 0 Å². The fraction of sp³-hybridized carbons (Fsp3) is 0.0455. The predicted molar refractivity (Wildman–Crippen MR) is 106 cm³/mol. The van der Waals surface area contributed by atoms with Crippen molar-refractivity contribution in [3.8, 4) is 16.9 Å². The first kappa shape index (κ1) is 17.7. The van der Waals surface area contributed by atoms with Crippen LogP contribution in [-0.2, 0) is 0 Å². The Bertz CT molecular complexity index is 1260. The van der Waals surface area contributed by atoms with Gasteiger partial charge < -0.3 is 0 Å². The maximum atomic E-state index is 14.4. The highest BCUT2D eigenvalue weighted by Crippen LogP contribution is 2.26. The predicted octanol–water partition coefficient (Wildman–Crippen LogP) is 4.38. The molecule has 0 aliphatic heterocycles. The van der Waals surface area contributed by atoms with Crippen LogP contribution in [0.4, 0.5) is 8.78 Å². The monoisotopic (exact) mass is 375 g/mol. The summed E-state index contributed by atoms with van der Waals surface area (Å²) in [6, 6.07) is 17.7. The third-order valence-electron chi connectivity index (χ3n) is 4.39. The van der Waals surface area contributed by atoms with E-state index < -0.39 is 22.9 Å². The number of fused-ring (bicyclic) bond motifs is 1. The third kappa shape index (κ3) is 2.99. The molecule has 0 N–H and O–H groups in total. The molecule has 1 heterocycles. The van der Waals surface area contributed by atoms with E-state index in [2.05, 4.69) is 10.1 Å². The Morgan fingerprint density at radius 3 is 2.32 bits per heavy atom. The van der Waals surface area contributed by atoms with Gasteiger partial charge in [-0.2, -0.15) is 9.78 Å². The maximum Gasteiger partial charge on any atom is 0.279 e. The number of hydrogen-bond donors (Lipinski definition) is 0. The number of aliphatic imine (C=N–C) groups is 1. The van der Waals surface area contributed by atoms with E-state index in [0.29, 0.717) is 22.0 Å². The van der Waals surface area contributed by atoms with E-state index in [1.807, 2.05) is 24.3 Å². The van der Waals surface area contributed by atoms with Crippen molar-refractivity contribution in [3.05, 3.63) is 94.3 Å². The van der Waals surface area contributed by atoms with E-state index in [1.165, 1.54) is 6.07 Å². The summed E-state index contributed by atoms with van der Waals surface area (Å²) in [4.78, 5) is 16.9. The minimum absolute atomic E-state index is 0.324. The molecule has 138 valence electrons. The molecule has 28 heavy (non-hydrogen) atoms. The summed E-state index contributed by atoms with van der Waals surface area (Å²) >= 11 is 0. The first-order chi connectivity index (χ1) is 13.6. The zero-order valence-electron chi connectivity index (χ0n) is 14.9. The van der Waals surface area contributed by atoms with Gasteiger partial charge in [0.05, 0.1) is 11.1 Å². The van der Waals surface area contributed by atoms with Crippen molar-refractivity contribution in [2.75, 3.05) is 7.05 Å². The molecule has 0 saturated carbocycles. The normalized spacial score (nSPS) is 11.4. The highest BCUT2D eigenvalue weighted by atomic mass is 19.1. The van der Waals surface area contributed by atoms with Crippen LogP contribution in [0.15, 0.2) is 76.5 Å². The van der Waals surface area contributed by atoms with Crippen molar-refractivity contribution < 1.29 is 8.78 Å². The summed E-state index contributed by atoms with van der Waals surface area (Å²) in [7, 11) is 1.67. The number of para-hydroxylation sites is 1. The molecule has 4 aromatic rings. The average Bonchev–Trinajstić information content (AvgIpc) is 2.70. The number of benzene rings is 3. The molecule has 0 unspecified atom stereocenters. The second kappa shape index (κ2) is 7.15. The second-order valence-electron chi connectivity index (χ2n) is 6.19. The lowest BCUT2D eigenvalue weighted by Gasteiger charge is -2.12. The van der Waals surface area contributed by atoms with Gasteiger partial charge >= 0.3 is 0 Å². The minimum atomic E-state index is -0.859. The maximum absolute atomic E-state index is 14.4. The highest BCUT2D eigenvalue weighted by molar-refractivity contribution is 5.95. The van der Waals surface area contributed by atoms with E-state index in [1.54, 1.807) is 37.5 Å². The second-order valence-corrected chi connectivity index (χ2v) is 6.19. The van der Waals surface area contributed by atoms with Gasteiger partial charge in [0.25, 0.3) is 5.56 Å². The number of hydrogen-bond acceptors (Lipinski definition) is 3. The molecule has 0 bridgehead atoms. The van der Waals surface area contributed by atoms with Gasteiger partial charge in [0.15, 0.2) is 11.6 Å². The summed E-state index contributed by atoms with van der Waals surface area (Å²) in [5.41, 5.74) is 0.921. The van der Waals surface area contributed by atoms with Crippen LogP contribution >= 0.6 is 0 Å². The van der Waals surface area contributed by atoms with Crippen LogP contribution in [0.5, 0.6) is 0 Å². The lowest BCUT2D eigenvalue weighted by atomic mass is 10.0. The van der Waals surface area contributed by atoms with Gasteiger partial charge in [-0.25, -0.2) is 8.78 Å². The molecule has 0 fully saturated rings. The van der Waals surface area contributed by atoms with Gasteiger partial charge in [-0.15, -0.1) is 0 Å². The van der Waals surface area contributed by atoms with Crippen LogP contribution in [0.25, 0.3) is 27.7 Å². The first-order valence-corrected chi connectivity index (χ1v) is 8.59. The first-order valence-electron chi connectivity index (χ1n) is 8.59. The standard InChI is InChI=1S/C22H15F2N3O/c1-25-13-14-6-4-7-15(12-14)20-16-8-2-3-9-17(16)22(28)27(26-20)21-18(23)10-5-11-19(21)24/h2-13H,1H3. The smallest absolute Gasteiger partial charge is 0.279 e. The Morgan fingerprint density at radius 1 is 0.929 bits per heavy atom. The number of aromatic nitrogens is 2. The summed E-state index contributed by atoms with van der Waals surface area (Å²) < 4.78 is 29.5. The molecular weight excluding hydrogens is 360 g/mol. The molecular formula is C22H15F2N3O. The average molecular weight is 375 g/mol. The lowest BCUT2D eigenvalue weighted by molar-refractivity contribution is 0.556. The van der Waals surface area contributed by atoms with Crippen molar-refractivity contribution in [1.29, 1.82) is 0 Å². The largest absolute Gasteiger partial charge is 0.296 e. The van der Waals surface area contributed by atoms with Crippen molar-refractivity contribution in [2.45, 2.75) is 0 Å². The van der Waals surface area contributed by atoms with Gasteiger partial charge in [-0.1, -0.05) is 42.5 Å². The fourth-order valence-electron chi connectivity index (χ4n) is 3.16. The minimum Gasteiger partial charge on any atom is -0.296 e. The SMILES string of the molecule is CN=Cc1cccc(-c2nn(-c3c(F)cccc3F)c(=O)c3ccccc23)c1. The Morgan fingerprint density at radius 2 is 1.61 bits per heavy atom. The Balaban J connectivity index is 2.09. The summed E-state index contributed by atoms with van der Waals surface area (Å²) in [5, 5.41) is 5.27. The number of halogens is 2. The third-order valence-corrected chi connectivity index (χ3v) is 4.39. The van der Waals surface area contributed by atoms with Crippen molar-refractivity contribution in [2.24, 2.45) is 4.99 Å². The molecule has 0 aliphatic rings. The molecule has 4 rings (SSSR count). The van der Waals surface area contributed by atoms with Crippen LogP contribution in [-0.4, -0.2) is 23.0 Å². The fourth-order valence-corrected chi connectivity index (χ4v) is 3.16. The quantitative estimate of drug-likeness (QED) is 0.499. The summed E-state index contributed by atoms with van der Waals surface area (Å²) in [5.74, 6) is -1.72. The molecule has 0 saturated heterocycles. The Hall–Kier alpha value is -3.67. The molecule has 0 atom stereocenters. The van der Waals surface area contributed by atoms with Crippen LogP contribution in [0.1, 0.15) is 5.56 Å². The van der Waals surface area contributed by atoms with Crippen molar-refractivity contribution in [1.82, 2.24) is 9.78 Å². The van der Waals surface area contributed by atoms with E-state index in [0.717, 1.165) is 22.4 Å². The van der Waals surface area contributed by atoms with Crippen LogP contribution < -0.4 is 5.56 Å². The van der Waals surface area contributed by atoms with E-state index in [4.69, 9.17) is 0 Å². The van der Waals surface area contributed by atoms with E-state index >= 15 is 0 Å². The zero-order valence-corrected chi connectivity index (χ0v) is 14.9. The van der Waals surface area contributed by atoms with Gasteiger partial charge in [0.2, 0.25) is 0 Å². The molecule has 0 aliphatic carbocycles. The van der Waals surface area contributed by atoms with E-state index in [9.17, 15) is 13.6 Å². The molecule has 1 aromatic heterocycles. The summed E-state index contributed by atoms with van der Waals surface area (Å²) in [6.45, 7) is 0. The van der Waals surface area contributed by atoms with E-state index in [-0.39, 0.29) is 0 Å².